The molecule has 0 heterocycles. The van der Waals surface area contributed by atoms with Crippen molar-refractivity contribution in [3.8, 4) is 0 Å². The third kappa shape index (κ3) is 13.4. The minimum absolute atomic E-state index is 0.859. The monoisotopic (exact) mass is 236 g/mol. The second kappa shape index (κ2) is 12.0. The van der Waals surface area contributed by atoms with E-state index in [1.165, 1.54) is 56.9 Å². The molecule has 0 aliphatic rings. The van der Waals surface area contributed by atoms with Gasteiger partial charge in [0.2, 0.25) is 0 Å². The second-order valence-electron chi connectivity index (χ2n) is 5.51. The molecular weight excluding hydrogens is 204 g/mol. The molecule has 0 N–H and O–H groups in total. The van der Waals surface area contributed by atoms with Crippen molar-refractivity contribution in [2.75, 3.05) is 0 Å². The van der Waals surface area contributed by atoms with Gasteiger partial charge in [-0.25, -0.2) is 0 Å². The van der Waals surface area contributed by atoms with E-state index in [-0.39, 0.29) is 0 Å². The van der Waals surface area contributed by atoms with Gasteiger partial charge in [0, 0.05) is 0 Å². The van der Waals surface area contributed by atoms with Gasteiger partial charge in [0.05, 0.1) is 0 Å². The maximum Gasteiger partial charge on any atom is -0.0291 e. The van der Waals surface area contributed by atoms with Crippen molar-refractivity contribution in [3.05, 3.63) is 24.3 Å². The highest BCUT2D eigenvalue weighted by molar-refractivity contribution is 4.93. The fourth-order valence-electron chi connectivity index (χ4n) is 1.99. The van der Waals surface area contributed by atoms with Crippen LogP contribution in [0.2, 0.25) is 0 Å². The van der Waals surface area contributed by atoms with E-state index in [1.807, 2.05) is 0 Å². The fourth-order valence-corrected chi connectivity index (χ4v) is 1.99. The van der Waals surface area contributed by atoms with E-state index in [2.05, 4.69) is 39.5 Å². The van der Waals surface area contributed by atoms with Crippen molar-refractivity contribution in [1.82, 2.24) is 0 Å². The first-order valence-corrected chi connectivity index (χ1v) is 7.46. The van der Waals surface area contributed by atoms with Crippen molar-refractivity contribution in [2.24, 2.45) is 5.92 Å². The normalized spacial score (nSPS) is 13.1. The predicted octanol–water partition coefficient (Wildman–Crippen LogP) is 6.29. The van der Waals surface area contributed by atoms with Crippen LogP contribution in [0.5, 0.6) is 0 Å². The van der Waals surface area contributed by atoms with Crippen LogP contribution in [0.1, 0.15) is 78.6 Å². The van der Waals surface area contributed by atoms with E-state index in [4.69, 9.17) is 0 Å². The lowest BCUT2D eigenvalue weighted by molar-refractivity contribution is 0.489. The van der Waals surface area contributed by atoms with Gasteiger partial charge in [0.15, 0.2) is 0 Å². The van der Waals surface area contributed by atoms with Gasteiger partial charge in [-0.05, 0) is 32.1 Å². The third-order valence-corrected chi connectivity index (χ3v) is 3.24. The largest absolute Gasteiger partial charge is 0.100 e. The van der Waals surface area contributed by atoms with Crippen LogP contribution in [0.25, 0.3) is 0 Å². The van der Waals surface area contributed by atoms with Crippen molar-refractivity contribution < 1.29 is 0 Å². The Kier molecular flexibility index (Phi) is 11.6. The standard InChI is InChI=1S/C17H32/c1-5-6-7-8-11-14-17(4)15-12-9-10-13-16(2)3/h9,12,17H,2,5-8,10-11,13-15H2,1,3-4H3/b12-9+/t17-/m1/s1. The first-order chi connectivity index (χ1) is 8.16. The number of rotatable bonds is 11. The second-order valence-corrected chi connectivity index (χ2v) is 5.51. The van der Waals surface area contributed by atoms with Gasteiger partial charge in [0.1, 0.15) is 0 Å². The first kappa shape index (κ1) is 16.5. The van der Waals surface area contributed by atoms with Crippen molar-refractivity contribution in [3.63, 3.8) is 0 Å². The minimum atomic E-state index is 0.859. The molecule has 0 amide bonds. The molecule has 17 heavy (non-hydrogen) atoms. The molecule has 0 aliphatic carbocycles. The van der Waals surface area contributed by atoms with Crippen molar-refractivity contribution in [1.29, 1.82) is 0 Å². The van der Waals surface area contributed by atoms with Crippen LogP contribution in [0, 0.1) is 5.92 Å². The average molecular weight is 236 g/mol. The Morgan fingerprint density at radius 1 is 1.12 bits per heavy atom. The van der Waals surface area contributed by atoms with E-state index < -0.39 is 0 Å². The Bertz CT molecular complexity index is 200. The molecule has 0 aromatic heterocycles. The molecule has 0 aromatic rings. The summed E-state index contributed by atoms with van der Waals surface area (Å²) in [6, 6.07) is 0. The number of hydrogen-bond acceptors (Lipinski definition) is 0. The smallest absolute Gasteiger partial charge is 0.0291 e. The lowest BCUT2D eigenvalue weighted by Crippen LogP contribution is -1.92. The molecule has 0 radical (unpaired) electrons. The molecule has 100 valence electrons. The van der Waals surface area contributed by atoms with Crippen LogP contribution < -0.4 is 0 Å². The molecule has 1 atom stereocenters. The van der Waals surface area contributed by atoms with Crippen molar-refractivity contribution >= 4 is 0 Å². The summed E-state index contributed by atoms with van der Waals surface area (Å²) in [6.45, 7) is 10.7. The predicted molar refractivity (Wildman–Crippen MR) is 80.3 cm³/mol. The van der Waals surface area contributed by atoms with E-state index in [1.54, 1.807) is 0 Å². The van der Waals surface area contributed by atoms with Crippen LogP contribution in [-0.2, 0) is 0 Å². The van der Waals surface area contributed by atoms with Gasteiger partial charge in [0.25, 0.3) is 0 Å². The Morgan fingerprint density at radius 3 is 2.47 bits per heavy atom. The molecule has 0 fully saturated rings. The topological polar surface area (TPSA) is 0 Å². The van der Waals surface area contributed by atoms with Crippen LogP contribution >= 0.6 is 0 Å². The molecule has 0 unspecified atom stereocenters. The Labute approximate surface area is 109 Å². The van der Waals surface area contributed by atoms with Gasteiger partial charge in [-0.2, -0.15) is 0 Å². The third-order valence-electron chi connectivity index (χ3n) is 3.24. The van der Waals surface area contributed by atoms with Crippen LogP contribution in [0.3, 0.4) is 0 Å². The van der Waals surface area contributed by atoms with Gasteiger partial charge in [-0.15, -0.1) is 6.58 Å². The molecule has 0 saturated heterocycles. The molecular formula is C17H32. The molecule has 0 rings (SSSR count). The Balaban J connectivity index is 3.33. The fraction of sp³-hybridized carbons (Fsp3) is 0.765. The number of hydrogen-bond donors (Lipinski definition) is 0. The summed E-state index contributed by atoms with van der Waals surface area (Å²) in [4.78, 5) is 0. The molecule has 0 nitrogen and oxygen atoms in total. The van der Waals surface area contributed by atoms with Crippen molar-refractivity contribution in [2.45, 2.75) is 78.6 Å². The van der Waals surface area contributed by atoms with E-state index in [9.17, 15) is 0 Å². The summed E-state index contributed by atoms with van der Waals surface area (Å²) < 4.78 is 0. The summed E-state index contributed by atoms with van der Waals surface area (Å²) in [5.74, 6) is 0.859. The molecule has 0 aliphatic heterocycles. The average Bonchev–Trinajstić information content (AvgIpc) is 2.28. The van der Waals surface area contributed by atoms with Crippen LogP contribution in [0.4, 0.5) is 0 Å². The van der Waals surface area contributed by atoms with Gasteiger partial charge >= 0.3 is 0 Å². The molecule has 0 bridgehead atoms. The van der Waals surface area contributed by atoms with Crippen LogP contribution in [0.15, 0.2) is 24.3 Å². The number of unbranched alkanes of at least 4 members (excludes halogenated alkanes) is 4. The molecule has 0 heteroatoms. The molecule has 0 spiro atoms. The SMILES string of the molecule is C=C(C)CC/C=C/C[C@H](C)CCCCCCC. The number of allylic oxidation sites excluding steroid dienone is 3. The zero-order valence-corrected chi connectivity index (χ0v) is 12.3. The Hall–Kier alpha value is -0.520. The zero-order valence-electron chi connectivity index (χ0n) is 12.3. The van der Waals surface area contributed by atoms with E-state index in [0.29, 0.717) is 0 Å². The lowest BCUT2D eigenvalue weighted by Gasteiger charge is -2.08. The maximum absolute atomic E-state index is 3.92. The minimum Gasteiger partial charge on any atom is -0.100 e. The van der Waals surface area contributed by atoms with E-state index >= 15 is 0 Å². The highest BCUT2D eigenvalue weighted by atomic mass is 14.0. The van der Waals surface area contributed by atoms with Gasteiger partial charge in [-0.3, -0.25) is 0 Å². The molecule has 0 saturated carbocycles. The maximum atomic E-state index is 3.92. The lowest BCUT2D eigenvalue weighted by atomic mass is 9.99. The zero-order chi connectivity index (χ0) is 12.9. The first-order valence-electron chi connectivity index (χ1n) is 7.46. The highest BCUT2D eigenvalue weighted by Crippen LogP contribution is 2.15. The van der Waals surface area contributed by atoms with Gasteiger partial charge < -0.3 is 0 Å². The molecule has 0 aromatic carbocycles. The van der Waals surface area contributed by atoms with Crippen LogP contribution in [-0.4, -0.2) is 0 Å². The summed E-state index contributed by atoms with van der Waals surface area (Å²) in [5, 5.41) is 0. The van der Waals surface area contributed by atoms with E-state index in [0.717, 1.165) is 12.3 Å². The summed E-state index contributed by atoms with van der Waals surface area (Å²) in [5.41, 5.74) is 1.29. The summed E-state index contributed by atoms with van der Waals surface area (Å²) in [6.07, 6.45) is 16.7. The Morgan fingerprint density at radius 2 is 1.82 bits per heavy atom. The summed E-state index contributed by atoms with van der Waals surface area (Å²) >= 11 is 0. The highest BCUT2D eigenvalue weighted by Gasteiger charge is 1.99. The summed E-state index contributed by atoms with van der Waals surface area (Å²) in [7, 11) is 0. The quantitative estimate of drug-likeness (QED) is 0.292. The van der Waals surface area contributed by atoms with Gasteiger partial charge in [-0.1, -0.05) is 70.1 Å².